The summed E-state index contributed by atoms with van der Waals surface area (Å²) < 4.78 is 0. The van der Waals surface area contributed by atoms with Gasteiger partial charge >= 0.3 is 0 Å². The Balaban J connectivity index is 2.26. The molecule has 1 heterocycles. The Kier molecular flexibility index (Phi) is 7.39. The van der Waals surface area contributed by atoms with Crippen molar-refractivity contribution in [2.45, 2.75) is 59.0 Å². The summed E-state index contributed by atoms with van der Waals surface area (Å²) in [6.45, 7) is 9.28. The number of hydrogen-bond donors (Lipinski definition) is 1. The first-order chi connectivity index (χ1) is 12.9. The maximum atomic E-state index is 13.2. The number of carbonyl (C=O) groups excluding carboxylic acids is 3. The van der Waals surface area contributed by atoms with Crippen LogP contribution in [-0.4, -0.2) is 59.2 Å². The van der Waals surface area contributed by atoms with E-state index in [1.54, 1.807) is 15.9 Å². The molecule has 1 aliphatic heterocycles. The number of nitrogens with one attached hydrogen (secondary N) is 1. The lowest BCUT2D eigenvalue weighted by atomic mass is 10.1. The van der Waals surface area contributed by atoms with Crippen LogP contribution in [0.5, 0.6) is 0 Å². The van der Waals surface area contributed by atoms with Crippen molar-refractivity contribution >= 4 is 17.7 Å². The van der Waals surface area contributed by atoms with Crippen molar-refractivity contribution in [1.29, 1.82) is 0 Å². The van der Waals surface area contributed by atoms with Gasteiger partial charge in [-0.1, -0.05) is 25.1 Å². The van der Waals surface area contributed by atoms with Gasteiger partial charge in [0.1, 0.15) is 6.04 Å². The van der Waals surface area contributed by atoms with Crippen LogP contribution in [0, 0.1) is 6.92 Å². The molecule has 27 heavy (non-hydrogen) atoms. The van der Waals surface area contributed by atoms with Crippen molar-refractivity contribution in [3.8, 4) is 0 Å². The highest BCUT2D eigenvalue weighted by Gasteiger charge is 2.41. The number of amides is 3. The molecule has 6 heteroatoms. The normalized spacial score (nSPS) is 19.0. The molecule has 0 spiro atoms. The Bertz CT molecular complexity index is 685. The van der Waals surface area contributed by atoms with Gasteiger partial charge in [0.25, 0.3) is 5.91 Å². The first-order valence-corrected chi connectivity index (χ1v) is 9.87. The number of aryl methyl sites for hydroxylation is 1. The lowest BCUT2D eigenvalue weighted by molar-refractivity contribution is -0.135. The number of benzene rings is 1. The number of carbonyl (C=O) groups is 3. The van der Waals surface area contributed by atoms with Gasteiger partial charge in [0.05, 0.1) is 0 Å². The standard InChI is InChI=1S/C21H31N3O3/c1-5-10-19(25)22-16-13-18(21(27)23(6-2)7-3)24(14-16)20(26)17-12-9-8-11-15(17)4/h8-9,11-12,16,18H,5-7,10,13-14H2,1-4H3,(H,22,25)/t16-,18+/m1/s1. The van der Waals surface area contributed by atoms with Gasteiger partial charge in [0.2, 0.25) is 11.8 Å². The number of hydrogen-bond acceptors (Lipinski definition) is 3. The molecule has 0 unspecified atom stereocenters. The molecule has 6 nitrogen and oxygen atoms in total. The molecule has 0 radical (unpaired) electrons. The molecule has 1 saturated heterocycles. The van der Waals surface area contributed by atoms with Crippen LogP contribution >= 0.6 is 0 Å². The van der Waals surface area contributed by atoms with E-state index in [9.17, 15) is 14.4 Å². The van der Waals surface area contributed by atoms with E-state index in [-0.39, 0.29) is 23.8 Å². The molecule has 0 bridgehead atoms. The molecule has 148 valence electrons. The lowest BCUT2D eigenvalue weighted by Gasteiger charge is -2.29. The Morgan fingerprint density at radius 1 is 1.15 bits per heavy atom. The molecule has 1 aliphatic rings. The summed E-state index contributed by atoms with van der Waals surface area (Å²) in [4.78, 5) is 41.6. The van der Waals surface area contributed by atoms with Crippen LogP contribution in [0.1, 0.15) is 56.0 Å². The third kappa shape index (κ3) is 4.87. The number of likely N-dealkylation sites (tertiary alicyclic amines) is 1. The lowest BCUT2D eigenvalue weighted by Crippen LogP contribution is -2.47. The first kappa shape index (κ1) is 20.9. The summed E-state index contributed by atoms with van der Waals surface area (Å²) in [6.07, 6.45) is 1.69. The number of rotatable bonds is 7. The van der Waals surface area contributed by atoms with Gasteiger partial charge in [0.15, 0.2) is 0 Å². The van der Waals surface area contributed by atoms with E-state index < -0.39 is 6.04 Å². The first-order valence-electron chi connectivity index (χ1n) is 9.87. The Labute approximate surface area is 161 Å². The maximum Gasteiger partial charge on any atom is 0.254 e. The van der Waals surface area contributed by atoms with E-state index in [4.69, 9.17) is 0 Å². The van der Waals surface area contributed by atoms with Gasteiger partial charge in [-0.15, -0.1) is 0 Å². The molecule has 0 aliphatic carbocycles. The molecular formula is C21H31N3O3. The van der Waals surface area contributed by atoms with E-state index in [0.717, 1.165) is 12.0 Å². The molecule has 1 aromatic carbocycles. The average molecular weight is 373 g/mol. The second-order valence-electron chi connectivity index (χ2n) is 7.05. The monoisotopic (exact) mass is 373 g/mol. The topological polar surface area (TPSA) is 69.7 Å². The van der Waals surface area contributed by atoms with E-state index in [1.807, 2.05) is 45.9 Å². The van der Waals surface area contributed by atoms with Gasteiger partial charge in [-0.05, 0) is 45.2 Å². The highest BCUT2D eigenvalue weighted by atomic mass is 16.2. The van der Waals surface area contributed by atoms with Crippen molar-refractivity contribution in [2.24, 2.45) is 0 Å². The summed E-state index contributed by atoms with van der Waals surface area (Å²) in [5.74, 6) is -0.221. The zero-order valence-corrected chi connectivity index (χ0v) is 16.8. The van der Waals surface area contributed by atoms with Crippen LogP contribution in [0.25, 0.3) is 0 Å². The van der Waals surface area contributed by atoms with Crippen LogP contribution in [-0.2, 0) is 9.59 Å². The minimum Gasteiger partial charge on any atom is -0.351 e. The van der Waals surface area contributed by atoms with Gasteiger partial charge in [-0.25, -0.2) is 0 Å². The predicted molar refractivity (Wildman–Crippen MR) is 105 cm³/mol. The highest BCUT2D eigenvalue weighted by Crippen LogP contribution is 2.24. The molecular weight excluding hydrogens is 342 g/mol. The van der Waals surface area contributed by atoms with Crippen LogP contribution in [0.4, 0.5) is 0 Å². The van der Waals surface area contributed by atoms with Crippen molar-refractivity contribution in [2.75, 3.05) is 19.6 Å². The highest BCUT2D eigenvalue weighted by molar-refractivity contribution is 5.99. The summed E-state index contributed by atoms with van der Waals surface area (Å²) >= 11 is 0. The summed E-state index contributed by atoms with van der Waals surface area (Å²) in [6, 6.07) is 6.68. The minimum atomic E-state index is -0.538. The van der Waals surface area contributed by atoms with Gasteiger partial charge in [-0.2, -0.15) is 0 Å². The van der Waals surface area contributed by atoms with Gasteiger partial charge < -0.3 is 15.1 Å². The maximum absolute atomic E-state index is 13.2. The number of nitrogens with zero attached hydrogens (tertiary/aromatic N) is 2. The average Bonchev–Trinajstić information content (AvgIpc) is 3.06. The molecule has 1 fully saturated rings. The molecule has 3 amide bonds. The summed E-state index contributed by atoms with van der Waals surface area (Å²) in [5, 5.41) is 2.99. The SMILES string of the molecule is CCCC(=O)N[C@@H]1C[C@@H](C(=O)N(CC)CC)N(C(=O)c2ccccc2C)C1. The Hall–Kier alpha value is -2.37. The van der Waals surface area contributed by atoms with Crippen LogP contribution < -0.4 is 5.32 Å². The quantitative estimate of drug-likeness (QED) is 0.798. The fraction of sp³-hybridized carbons (Fsp3) is 0.571. The second kappa shape index (κ2) is 9.53. The smallest absolute Gasteiger partial charge is 0.254 e. The molecule has 2 atom stereocenters. The Morgan fingerprint density at radius 3 is 2.41 bits per heavy atom. The van der Waals surface area contributed by atoms with E-state index in [0.29, 0.717) is 38.0 Å². The molecule has 0 saturated carbocycles. The molecule has 0 aromatic heterocycles. The second-order valence-corrected chi connectivity index (χ2v) is 7.05. The van der Waals surface area contributed by atoms with Crippen LogP contribution in [0.15, 0.2) is 24.3 Å². The molecule has 1 aromatic rings. The van der Waals surface area contributed by atoms with Crippen LogP contribution in [0.3, 0.4) is 0 Å². The van der Waals surface area contributed by atoms with E-state index in [1.165, 1.54) is 0 Å². The predicted octanol–water partition coefficient (Wildman–Crippen LogP) is 2.36. The minimum absolute atomic E-state index is 0.0262. The molecule has 2 rings (SSSR count). The zero-order valence-electron chi connectivity index (χ0n) is 16.8. The van der Waals surface area contributed by atoms with Crippen LogP contribution in [0.2, 0.25) is 0 Å². The molecule has 1 N–H and O–H groups in total. The van der Waals surface area contributed by atoms with Gasteiger partial charge in [-0.3, -0.25) is 14.4 Å². The van der Waals surface area contributed by atoms with E-state index >= 15 is 0 Å². The Morgan fingerprint density at radius 2 is 1.81 bits per heavy atom. The fourth-order valence-corrected chi connectivity index (χ4v) is 3.64. The summed E-state index contributed by atoms with van der Waals surface area (Å²) in [5.41, 5.74) is 1.49. The number of likely N-dealkylation sites (N-methyl/N-ethyl adjacent to an activating group) is 1. The summed E-state index contributed by atoms with van der Waals surface area (Å²) in [7, 11) is 0. The fourth-order valence-electron chi connectivity index (χ4n) is 3.64. The van der Waals surface area contributed by atoms with E-state index in [2.05, 4.69) is 5.32 Å². The van der Waals surface area contributed by atoms with Crippen molar-refractivity contribution in [1.82, 2.24) is 15.1 Å². The zero-order chi connectivity index (χ0) is 20.0. The van der Waals surface area contributed by atoms with Crippen molar-refractivity contribution in [3.63, 3.8) is 0 Å². The largest absolute Gasteiger partial charge is 0.351 e. The van der Waals surface area contributed by atoms with Crippen molar-refractivity contribution in [3.05, 3.63) is 35.4 Å². The third-order valence-corrected chi connectivity index (χ3v) is 5.14. The third-order valence-electron chi connectivity index (χ3n) is 5.14. The van der Waals surface area contributed by atoms with Gasteiger partial charge in [0, 0.05) is 37.7 Å². The van der Waals surface area contributed by atoms with Crippen molar-refractivity contribution < 1.29 is 14.4 Å².